The molecular weight excluding hydrogens is 774 g/mol. The van der Waals surface area contributed by atoms with E-state index in [0.29, 0.717) is 5.56 Å². The molecule has 0 heterocycles. The number of ether oxygens (including phenoxy) is 4. The van der Waals surface area contributed by atoms with Crippen LogP contribution in [0, 0.1) is 17.1 Å². The van der Waals surface area contributed by atoms with Crippen LogP contribution in [0.15, 0.2) is 140 Å². The molecule has 0 fully saturated rings. The van der Waals surface area contributed by atoms with Crippen molar-refractivity contribution in [2.45, 2.75) is 64.7 Å². The number of hydrogen-bond acceptors (Lipinski definition) is 9. The van der Waals surface area contributed by atoms with E-state index in [-0.39, 0.29) is 39.7 Å². The highest BCUT2D eigenvalue weighted by molar-refractivity contribution is 5.95. The molecule has 0 saturated heterocycles. The van der Waals surface area contributed by atoms with Gasteiger partial charge in [-0.05, 0) is 121 Å². The number of esters is 4. The fourth-order valence-corrected chi connectivity index (χ4v) is 6.45. The highest BCUT2D eigenvalue weighted by Gasteiger charge is 2.19. The van der Waals surface area contributed by atoms with Gasteiger partial charge in [-0.1, -0.05) is 94.3 Å². The summed E-state index contributed by atoms with van der Waals surface area (Å²) in [6, 6.07) is 38.0. The minimum Gasteiger partial charge on any atom is -0.423 e. The Bertz CT molecular complexity index is 2490. The molecule has 0 aliphatic carbocycles. The van der Waals surface area contributed by atoms with E-state index in [0.717, 1.165) is 29.7 Å². The van der Waals surface area contributed by atoms with Gasteiger partial charge in [0.15, 0.2) is 0 Å². The maximum absolute atomic E-state index is 15.1. The Balaban J connectivity index is 0.968. The van der Waals surface area contributed by atoms with Crippen molar-refractivity contribution in [3.05, 3.63) is 179 Å². The summed E-state index contributed by atoms with van der Waals surface area (Å²) in [5.41, 5.74) is 3.79. The molecule has 9 nitrogen and oxygen atoms in total. The maximum Gasteiger partial charge on any atom is 0.346 e. The minimum atomic E-state index is -1.04. The van der Waals surface area contributed by atoms with Gasteiger partial charge < -0.3 is 18.9 Å². The molecule has 0 unspecified atom stereocenters. The summed E-state index contributed by atoms with van der Waals surface area (Å²) >= 11 is 0. The molecule has 61 heavy (non-hydrogen) atoms. The van der Waals surface area contributed by atoms with Crippen molar-refractivity contribution in [3.8, 4) is 40.2 Å². The topological polar surface area (TPSA) is 129 Å². The van der Waals surface area contributed by atoms with Crippen LogP contribution in [0.3, 0.4) is 0 Å². The zero-order chi connectivity index (χ0) is 43.0. The molecule has 0 bridgehead atoms. The predicted molar refractivity (Wildman–Crippen MR) is 228 cm³/mol. The number of halogens is 1. The zero-order valence-electron chi connectivity index (χ0n) is 33.7. The highest BCUT2D eigenvalue weighted by atomic mass is 19.1. The normalized spacial score (nSPS) is 10.6. The fraction of sp³-hybridized carbons (Fsp3) is 0.196. The fourth-order valence-electron chi connectivity index (χ4n) is 6.45. The van der Waals surface area contributed by atoms with E-state index in [9.17, 15) is 19.2 Å². The van der Waals surface area contributed by atoms with Crippen molar-refractivity contribution in [1.29, 1.82) is 5.26 Å². The average Bonchev–Trinajstić information content (AvgIpc) is 3.28. The van der Waals surface area contributed by atoms with Gasteiger partial charge in [0, 0.05) is 6.07 Å². The monoisotopic (exact) mass is 817 g/mol. The van der Waals surface area contributed by atoms with E-state index in [1.54, 1.807) is 12.1 Å². The van der Waals surface area contributed by atoms with Gasteiger partial charge in [0.2, 0.25) is 0 Å². The summed E-state index contributed by atoms with van der Waals surface area (Å²) in [5, 5.41) is 8.92. The second kappa shape index (κ2) is 21.6. The Labute approximate surface area is 354 Å². The molecule has 10 heteroatoms. The minimum absolute atomic E-state index is 0.0348. The Morgan fingerprint density at radius 1 is 0.492 bits per heavy atom. The van der Waals surface area contributed by atoms with Crippen molar-refractivity contribution >= 4 is 23.9 Å². The SMILES string of the molecule is CCCCCCCCCCc1ccc(-c2ccc(C(=O)Oc3ccc(C(=O)Oc4cccc(C(=O)Oc5ccc(C(=O)Oc6ccc(C#N)cc6)cc5)c4)c(F)c3)cc2)cc1. The summed E-state index contributed by atoms with van der Waals surface area (Å²) in [5.74, 6) is -3.89. The first-order chi connectivity index (χ1) is 29.7. The van der Waals surface area contributed by atoms with E-state index in [4.69, 9.17) is 24.2 Å². The van der Waals surface area contributed by atoms with Gasteiger partial charge >= 0.3 is 23.9 Å². The predicted octanol–water partition coefficient (Wildman–Crippen LogP) is 11.9. The summed E-state index contributed by atoms with van der Waals surface area (Å²) in [6.07, 6.45) is 11.4. The molecule has 0 amide bonds. The smallest absolute Gasteiger partial charge is 0.346 e. The van der Waals surface area contributed by atoms with Crippen LogP contribution in [0.5, 0.6) is 23.0 Å². The third-order valence-corrected chi connectivity index (χ3v) is 9.87. The van der Waals surface area contributed by atoms with Crippen molar-refractivity contribution in [2.24, 2.45) is 0 Å². The van der Waals surface area contributed by atoms with Gasteiger partial charge in [-0.2, -0.15) is 5.26 Å². The van der Waals surface area contributed by atoms with E-state index in [1.807, 2.05) is 18.2 Å². The van der Waals surface area contributed by atoms with Gasteiger partial charge in [-0.15, -0.1) is 0 Å². The van der Waals surface area contributed by atoms with Crippen LogP contribution in [-0.2, 0) is 6.42 Å². The Hall–Kier alpha value is -7.38. The molecule has 6 aromatic carbocycles. The van der Waals surface area contributed by atoms with Crippen molar-refractivity contribution in [2.75, 3.05) is 0 Å². The first-order valence-electron chi connectivity index (χ1n) is 20.3. The molecule has 0 aliphatic rings. The molecule has 0 aliphatic heterocycles. The maximum atomic E-state index is 15.1. The van der Waals surface area contributed by atoms with Crippen molar-refractivity contribution < 1.29 is 42.5 Å². The molecule has 0 radical (unpaired) electrons. The molecule has 308 valence electrons. The van der Waals surface area contributed by atoms with Crippen LogP contribution in [0.4, 0.5) is 4.39 Å². The standard InChI is InChI=1S/C51H44FNO8/c1-2-3-4-5-6-7-8-9-11-35-14-18-37(19-15-35)38-20-22-39(23-21-38)49(55)60-45-30-31-46(47(52)33-45)51(57)61-44-13-10-12-41(32-44)50(56)59-43-28-24-40(25-29-43)48(54)58-42-26-16-36(34-53)17-27-42/h10,12-33H,2-9,11H2,1H3. The van der Waals surface area contributed by atoms with Crippen LogP contribution < -0.4 is 18.9 Å². The number of hydrogen-bond donors (Lipinski definition) is 0. The highest BCUT2D eigenvalue weighted by Crippen LogP contribution is 2.25. The van der Waals surface area contributed by atoms with E-state index in [2.05, 4.69) is 31.2 Å². The second-order valence-electron chi connectivity index (χ2n) is 14.4. The van der Waals surface area contributed by atoms with Gasteiger partial charge in [-0.25, -0.2) is 23.6 Å². The zero-order valence-corrected chi connectivity index (χ0v) is 33.7. The van der Waals surface area contributed by atoms with Gasteiger partial charge in [0.1, 0.15) is 28.8 Å². The van der Waals surface area contributed by atoms with Gasteiger partial charge in [-0.3, -0.25) is 0 Å². The first kappa shape index (κ1) is 43.2. The van der Waals surface area contributed by atoms with Crippen LogP contribution in [0.2, 0.25) is 0 Å². The summed E-state index contributed by atoms with van der Waals surface area (Å²) in [6.45, 7) is 2.24. The number of nitrogens with zero attached hydrogens (tertiary/aromatic N) is 1. The molecule has 0 aromatic heterocycles. The number of unbranched alkanes of at least 4 members (excludes halogenated alkanes) is 7. The van der Waals surface area contributed by atoms with Gasteiger partial charge in [0.25, 0.3) is 0 Å². The van der Waals surface area contributed by atoms with Crippen LogP contribution >= 0.6 is 0 Å². The number of benzene rings is 6. The molecule has 6 aromatic rings. The van der Waals surface area contributed by atoms with Crippen molar-refractivity contribution in [1.82, 2.24) is 0 Å². The van der Waals surface area contributed by atoms with E-state index < -0.39 is 35.3 Å². The third-order valence-electron chi connectivity index (χ3n) is 9.87. The molecule has 0 spiro atoms. The summed E-state index contributed by atoms with van der Waals surface area (Å²) in [7, 11) is 0. The summed E-state index contributed by atoms with van der Waals surface area (Å²) in [4.78, 5) is 51.3. The third kappa shape index (κ3) is 12.6. The average molecular weight is 818 g/mol. The molecular formula is C51H44FNO8. The number of aryl methyl sites for hydroxylation is 1. The number of nitriles is 1. The van der Waals surface area contributed by atoms with E-state index in [1.165, 1.54) is 136 Å². The lowest BCUT2D eigenvalue weighted by atomic mass is 10.00. The van der Waals surface area contributed by atoms with Crippen LogP contribution in [-0.4, -0.2) is 23.9 Å². The molecule has 0 atom stereocenters. The lowest BCUT2D eigenvalue weighted by Gasteiger charge is -2.10. The Morgan fingerprint density at radius 3 is 1.56 bits per heavy atom. The molecule has 0 saturated carbocycles. The van der Waals surface area contributed by atoms with Gasteiger partial charge in [0.05, 0.1) is 33.9 Å². The quantitative estimate of drug-likeness (QED) is 0.0473. The van der Waals surface area contributed by atoms with Crippen LogP contribution in [0.1, 0.15) is 111 Å². The lowest BCUT2D eigenvalue weighted by molar-refractivity contribution is 0.0709. The molecule has 0 N–H and O–H groups in total. The first-order valence-corrected chi connectivity index (χ1v) is 20.3. The number of rotatable bonds is 18. The second-order valence-corrected chi connectivity index (χ2v) is 14.4. The summed E-state index contributed by atoms with van der Waals surface area (Å²) < 4.78 is 36.6. The lowest BCUT2D eigenvalue weighted by Crippen LogP contribution is -2.13. The Kier molecular flexibility index (Phi) is 15.3. The van der Waals surface area contributed by atoms with Crippen LogP contribution in [0.25, 0.3) is 11.1 Å². The largest absolute Gasteiger partial charge is 0.423 e. The van der Waals surface area contributed by atoms with E-state index >= 15 is 4.39 Å². The van der Waals surface area contributed by atoms with Crippen molar-refractivity contribution in [3.63, 3.8) is 0 Å². The Morgan fingerprint density at radius 2 is 0.967 bits per heavy atom. The number of carbonyl (C=O) groups is 4. The number of carbonyl (C=O) groups excluding carboxylic acids is 4. The molecule has 6 rings (SSSR count).